The number of benzene rings is 1. The Hall–Kier alpha value is -2.91. The van der Waals surface area contributed by atoms with E-state index in [1.54, 1.807) is 6.07 Å². The summed E-state index contributed by atoms with van der Waals surface area (Å²) in [5.74, 6) is -10.2. The average Bonchev–Trinajstić information content (AvgIpc) is 2.76. The fraction of sp³-hybridized carbons (Fsp3) is 0.353. The predicted octanol–water partition coefficient (Wildman–Crippen LogP) is 2.65. The number of anilines is 1. The number of carbonyl (C=O) groups is 1. The van der Waals surface area contributed by atoms with E-state index in [-0.39, 0.29) is 5.57 Å². The van der Waals surface area contributed by atoms with Crippen LogP contribution in [0.5, 0.6) is 0 Å². The number of nitrogens with one attached hydrogen (secondary N) is 3. The number of amidine groups is 1. The molecule has 0 aromatic heterocycles. The maximum atomic E-state index is 13.3. The number of nitrogens with zero attached hydrogens (tertiary/aromatic N) is 2. The van der Waals surface area contributed by atoms with Gasteiger partial charge < -0.3 is 10.2 Å². The number of guanidine groups is 1. The van der Waals surface area contributed by atoms with E-state index in [0.29, 0.717) is 10.6 Å². The molecule has 2 aliphatic heterocycles. The average molecular weight is 383 g/mol. The maximum Gasteiger partial charge on any atom is 0.329 e. The zero-order valence-corrected chi connectivity index (χ0v) is 14.5. The van der Waals surface area contributed by atoms with Crippen LogP contribution in [-0.4, -0.2) is 47.5 Å². The molecule has 10 heteroatoms. The maximum absolute atomic E-state index is 13.3. The van der Waals surface area contributed by atoms with Crippen LogP contribution in [0.2, 0.25) is 0 Å². The van der Waals surface area contributed by atoms with Gasteiger partial charge in [0.2, 0.25) is 5.96 Å². The summed E-state index contributed by atoms with van der Waals surface area (Å²) in [6, 6.07) is 5.59. The van der Waals surface area contributed by atoms with Crippen LogP contribution in [0, 0.1) is 19.3 Å². The highest BCUT2D eigenvalue weighted by atomic mass is 19.3. The summed E-state index contributed by atoms with van der Waals surface area (Å²) in [5, 5.41) is 13.0. The molecule has 2 heterocycles. The number of carbonyl (C=O) groups excluding carboxylic acids is 1. The van der Waals surface area contributed by atoms with Crippen LogP contribution in [0.4, 0.5) is 23.2 Å². The van der Waals surface area contributed by atoms with E-state index in [2.05, 4.69) is 15.6 Å². The molecule has 1 aromatic rings. The number of aliphatic imine (C=N–C) groups is 1. The first-order valence-electron chi connectivity index (χ1n) is 8.04. The van der Waals surface area contributed by atoms with Crippen molar-refractivity contribution in [3.63, 3.8) is 0 Å². The standard InChI is InChI=1S/C17H17F4N5O/c1-9-3-4-12(10(2)5-9)23-6-11-13(22)24-15(25-14(11)27)26-7-16(18,19)17(20,21)8-26/h3-6,23H,7-8H2,1-2H3,(H2,22,24,25,27)/b11-6+. The molecule has 1 saturated heterocycles. The van der Waals surface area contributed by atoms with Gasteiger partial charge in [-0.25, -0.2) is 0 Å². The lowest BCUT2D eigenvalue weighted by molar-refractivity contribution is -0.172. The fourth-order valence-electron chi connectivity index (χ4n) is 2.80. The minimum Gasteiger partial charge on any atom is -0.361 e. The Labute approximate surface area is 152 Å². The van der Waals surface area contributed by atoms with E-state index < -0.39 is 42.6 Å². The van der Waals surface area contributed by atoms with Crippen molar-refractivity contribution in [3.05, 3.63) is 41.1 Å². The highest BCUT2D eigenvalue weighted by Crippen LogP contribution is 2.41. The number of hydrogen-bond acceptors (Lipinski definition) is 4. The van der Waals surface area contributed by atoms with Crippen LogP contribution in [0.1, 0.15) is 11.1 Å². The van der Waals surface area contributed by atoms with E-state index >= 15 is 0 Å². The monoisotopic (exact) mass is 383 g/mol. The Kier molecular flexibility index (Phi) is 4.44. The molecule has 0 radical (unpaired) electrons. The van der Waals surface area contributed by atoms with Crippen molar-refractivity contribution < 1.29 is 22.4 Å². The third-order valence-electron chi connectivity index (χ3n) is 4.31. The van der Waals surface area contributed by atoms with Gasteiger partial charge >= 0.3 is 11.8 Å². The lowest BCUT2D eigenvalue weighted by Gasteiger charge is -2.24. The summed E-state index contributed by atoms with van der Waals surface area (Å²) >= 11 is 0. The minimum absolute atomic E-state index is 0.142. The highest BCUT2D eigenvalue weighted by molar-refractivity contribution is 6.28. The minimum atomic E-state index is -4.23. The molecule has 1 amide bonds. The highest BCUT2D eigenvalue weighted by Gasteiger charge is 2.63. The van der Waals surface area contributed by atoms with E-state index in [4.69, 9.17) is 5.41 Å². The molecule has 3 rings (SSSR count). The van der Waals surface area contributed by atoms with Crippen molar-refractivity contribution in [1.82, 2.24) is 10.2 Å². The summed E-state index contributed by atoms with van der Waals surface area (Å²) in [6.07, 6.45) is 1.27. The summed E-state index contributed by atoms with van der Waals surface area (Å²) in [4.78, 5) is 16.5. The van der Waals surface area contributed by atoms with Crippen LogP contribution in [0.3, 0.4) is 0 Å². The second-order valence-corrected chi connectivity index (χ2v) is 6.52. The Morgan fingerprint density at radius 3 is 2.41 bits per heavy atom. The van der Waals surface area contributed by atoms with E-state index in [9.17, 15) is 22.4 Å². The van der Waals surface area contributed by atoms with E-state index in [1.807, 2.05) is 26.0 Å². The Morgan fingerprint density at radius 2 is 1.85 bits per heavy atom. The van der Waals surface area contributed by atoms with Gasteiger partial charge in [0.15, 0.2) is 5.84 Å². The molecule has 0 bridgehead atoms. The predicted molar refractivity (Wildman–Crippen MR) is 92.4 cm³/mol. The second-order valence-electron chi connectivity index (χ2n) is 6.52. The lowest BCUT2D eigenvalue weighted by atomic mass is 10.1. The van der Waals surface area contributed by atoms with Gasteiger partial charge in [-0.15, -0.1) is 0 Å². The Balaban J connectivity index is 1.78. The van der Waals surface area contributed by atoms with Crippen molar-refractivity contribution in [2.45, 2.75) is 25.7 Å². The van der Waals surface area contributed by atoms with Crippen molar-refractivity contribution in [2.75, 3.05) is 18.4 Å². The molecule has 1 aromatic carbocycles. The number of rotatable bonds is 2. The van der Waals surface area contributed by atoms with Gasteiger partial charge in [-0.3, -0.25) is 15.5 Å². The van der Waals surface area contributed by atoms with Gasteiger partial charge in [-0.2, -0.15) is 22.6 Å². The molecular weight excluding hydrogens is 366 g/mol. The number of likely N-dealkylation sites (tertiary alicyclic amines) is 1. The molecule has 0 spiro atoms. The molecule has 0 aliphatic carbocycles. The van der Waals surface area contributed by atoms with E-state index in [1.165, 1.54) is 6.20 Å². The number of hydrogen-bond donors (Lipinski definition) is 3. The van der Waals surface area contributed by atoms with Gasteiger partial charge in [-0.1, -0.05) is 17.7 Å². The topological polar surface area (TPSA) is 80.6 Å². The molecule has 0 atom stereocenters. The van der Waals surface area contributed by atoms with Crippen LogP contribution in [0.25, 0.3) is 0 Å². The summed E-state index contributed by atoms with van der Waals surface area (Å²) in [7, 11) is 0. The molecule has 3 N–H and O–H groups in total. The normalized spacial score (nSPS) is 22.7. The van der Waals surface area contributed by atoms with Gasteiger partial charge in [0, 0.05) is 11.9 Å². The quantitative estimate of drug-likeness (QED) is 0.543. The number of aryl methyl sites for hydroxylation is 2. The second kappa shape index (κ2) is 6.36. The number of halogens is 4. The molecule has 1 fully saturated rings. The van der Waals surface area contributed by atoms with E-state index in [0.717, 1.165) is 11.1 Å². The largest absolute Gasteiger partial charge is 0.361 e. The first kappa shape index (κ1) is 18.9. The lowest BCUT2D eigenvalue weighted by Crippen LogP contribution is -2.48. The van der Waals surface area contributed by atoms with Crippen LogP contribution < -0.4 is 10.6 Å². The van der Waals surface area contributed by atoms with Crippen LogP contribution in [-0.2, 0) is 4.79 Å². The smallest absolute Gasteiger partial charge is 0.329 e. The summed E-state index contributed by atoms with van der Waals surface area (Å²) in [5.41, 5.74) is 2.54. The fourth-order valence-corrected chi connectivity index (χ4v) is 2.80. The van der Waals surface area contributed by atoms with Crippen LogP contribution in [0.15, 0.2) is 35.0 Å². The van der Waals surface area contributed by atoms with Crippen molar-refractivity contribution in [2.24, 2.45) is 4.99 Å². The van der Waals surface area contributed by atoms with Crippen molar-refractivity contribution >= 4 is 23.4 Å². The molecule has 6 nitrogen and oxygen atoms in total. The molecule has 144 valence electrons. The van der Waals surface area contributed by atoms with Gasteiger partial charge in [-0.05, 0) is 25.5 Å². The molecular formula is C17H17F4N5O. The summed E-state index contributed by atoms with van der Waals surface area (Å²) in [6.45, 7) is 1.23. The Morgan fingerprint density at radius 1 is 1.22 bits per heavy atom. The SMILES string of the molecule is Cc1ccc(N/C=C2\C(=N)N=C(N3CC(F)(F)C(F)(F)C3)NC2=O)c(C)c1. The number of alkyl halides is 4. The molecule has 27 heavy (non-hydrogen) atoms. The molecule has 0 saturated carbocycles. The molecule has 2 aliphatic rings. The Bertz CT molecular complexity index is 862. The first-order valence-corrected chi connectivity index (χ1v) is 8.04. The third kappa shape index (κ3) is 3.51. The van der Waals surface area contributed by atoms with Gasteiger partial charge in [0.1, 0.15) is 0 Å². The first-order chi connectivity index (χ1) is 12.5. The number of amides is 1. The van der Waals surface area contributed by atoms with Crippen molar-refractivity contribution in [1.29, 1.82) is 5.41 Å². The van der Waals surface area contributed by atoms with Crippen molar-refractivity contribution in [3.8, 4) is 0 Å². The van der Waals surface area contributed by atoms with Crippen LogP contribution >= 0.6 is 0 Å². The zero-order chi connectivity index (χ0) is 20.0. The molecule has 0 unspecified atom stereocenters. The summed E-state index contributed by atoms with van der Waals surface area (Å²) < 4.78 is 53.4. The van der Waals surface area contributed by atoms with Gasteiger partial charge in [0.05, 0.1) is 18.7 Å². The third-order valence-corrected chi connectivity index (χ3v) is 4.31. The van der Waals surface area contributed by atoms with Gasteiger partial charge in [0.25, 0.3) is 5.91 Å². The zero-order valence-electron chi connectivity index (χ0n) is 14.5.